The molecule has 4 aliphatic heterocycles. The minimum absolute atomic E-state index is 0.0442. The van der Waals surface area contributed by atoms with Crippen molar-refractivity contribution in [3.05, 3.63) is 16.6 Å². The van der Waals surface area contributed by atoms with Gasteiger partial charge >= 0.3 is 6.03 Å². The number of hydrogen-bond donors (Lipinski definition) is 3. The topological polar surface area (TPSA) is 156 Å². The van der Waals surface area contributed by atoms with Crippen LogP contribution in [0.4, 0.5) is 4.79 Å². The second-order valence-corrected chi connectivity index (χ2v) is 12.2. The molecule has 13 heteroatoms. The van der Waals surface area contributed by atoms with Crippen molar-refractivity contribution in [1.29, 1.82) is 0 Å². The second kappa shape index (κ2) is 10.4. The van der Waals surface area contributed by atoms with Crippen molar-refractivity contribution in [3.63, 3.8) is 0 Å². The lowest BCUT2D eigenvalue weighted by atomic mass is 9.71. The molecule has 38 heavy (non-hydrogen) atoms. The first-order valence-electron chi connectivity index (χ1n) is 13.1. The molecular formula is C25H36N6O6S. The number of rotatable bonds is 8. The fraction of sp³-hybridized carbons (Fsp3) is 0.720. The second-order valence-electron chi connectivity index (χ2n) is 11.3. The van der Waals surface area contributed by atoms with E-state index in [0.29, 0.717) is 30.7 Å². The van der Waals surface area contributed by atoms with Gasteiger partial charge in [0.05, 0.1) is 43.0 Å². The summed E-state index contributed by atoms with van der Waals surface area (Å²) in [4.78, 5) is 58.9. The summed E-state index contributed by atoms with van der Waals surface area (Å²) in [6.45, 7) is 3.93. The molecule has 5 heterocycles. The molecule has 1 aromatic rings. The van der Waals surface area contributed by atoms with Gasteiger partial charge in [-0.15, -0.1) is 11.3 Å². The number of likely N-dealkylation sites (tertiary alicyclic amines) is 2. The van der Waals surface area contributed by atoms with Gasteiger partial charge in [0.1, 0.15) is 10.9 Å². The SMILES string of the molecule is CNC(=O)[C@@H](NC(=O)[C@@H]1CN(C(=O)c2cncs2)CC12CN(C(N)=O)C2)[C@@H](C)OCC12CCC(CC1)OC2. The van der Waals surface area contributed by atoms with Crippen LogP contribution in [-0.2, 0) is 19.1 Å². The van der Waals surface area contributed by atoms with Gasteiger partial charge in [0.25, 0.3) is 5.91 Å². The van der Waals surface area contributed by atoms with E-state index in [1.54, 1.807) is 17.3 Å². The van der Waals surface area contributed by atoms with Gasteiger partial charge in [0.15, 0.2) is 0 Å². The molecule has 0 aromatic carbocycles. The van der Waals surface area contributed by atoms with Crippen molar-refractivity contribution in [2.45, 2.75) is 50.9 Å². The molecule has 1 saturated carbocycles. The van der Waals surface area contributed by atoms with E-state index >= 15 is 0 Å². The van der Waals surface area contributed by atoms with Crippen molar-refractivity contribution in [1.82, 2.24) is 25.4 Å². The molecular weight excluding hydrogens is 512 g/mol. The minimum Gasteiger partial charge on any atom is -0.378 e. The highest BCUT2D eigenvalue weighted by molar-refractivity contribution is 7.11. The highest BCUT2D eigenvalue weighted by Gasteiger charge is 2.59. The summed E-state index contributed by atoms with van der Waals surface area (Å²) < 4.78 is 12.1. The van der Waals surface area contributed by atoms with E-state index in [1.807, 2.05) is 0 Å². The molecule has 5 amide bonds. The third-order valence-corrected chi connectivity index (χ3v) is 9.55. The van der Waals surface area contributed by atoms with E-state index in [2.05, 4.69) is 15.6 Å². The number of nitrogens with zero attached hydrogens (tertiary/aromatic N) is 3. The number of aromatic nitrogens is 1. The number of likely N-dealkylation sites (N-methyl/N-ethyl adjacent to an activating group) is 1. The highest BCUT2D eigenvalue weighted by Crippen LogP contribution is 2.45. The Morgan fingerprint density at radius 1 is 1.24 bits per heavy atom. The number of carbonyl (C=O) groups is 4. The number of nitrogens with two attached hydrogens (primary N) is 1. The van der Waals surface area contributed by atoms with E-state index in [4.69, 9.17) is 15.2 Å². The van der Waals surface area contributed by atoms with Crippen LogP contribution in [0.15, 0.2) is 11.7 Å². The molecule has 4 N–H and O–H groups in total. The van der Waals surface area contributed by atoms with Gasteiger partial charge in [0, 0.05) is 44.1 Å². The largest absolute Gasteiger partial charge is 0.378 e. The highest BCUT2D eigenvalue weighted by atomic mass is 32.1. The van der Waals surface area contributed by atoms with Gasteiger partial charge in [-0.1, -0.05) is 0 Å². The van der Waals surface area contributed by atoms with E-state index < -0.39 is 29.5 Å². The van der Waals surface area contributed by atoms with Crippen molar-refractivity contribution in [3.8, 4) is 0 Å². The van der Waals surface area contributed by atoms with Crippen molar-refractivity contribution in [2.24, 2.45) is 22.5 Å². The number of thiazole rings is 1. The summed E-state index contributed by atoms with van der Waals surface area (Å²) in [6.07, 6.45) is 5.40. The normalized spacial score (nSPS) is 29.0. The average molecular weight is 549 g/mol. The number of primary amides is 1. The number of ether oxygens (including phenoxy) is 2. The summed E-state index contributed by atoms with van der Waals surface area (Å²) in [5.74, 6) is -1.53. The fourth-order valence-corrected chi connectivity index (χ4v) is 6.94. The molecule has 1 spiro atoms. The molecule has 0 unspecified atom stereocenters. The van der Waals surface area contributed by atoms with Crippen LogP contribution in [0.1, 0.15) is 42.3 Å². The van der Waals surface area contributed by atoms with Gasteiger partial charge < -0.3 is 35.6 Å². The summed E-state index contributed by atoms with van der Waals surface area (Å²) in [5.41, 5.74) is 6.37. The lowest BCUT2D eigenvalue weighted by Crippen LogP contribution is -2.66. The molecule has 4 saturated heterocycles. The Bertz CT molecular complexity index is 1050. The zero-order valence-corrected chi connectivity index (χ0v) is 22.6. The molecule has 208 valence electrons. The van der Waals surface area contributed by atoms with Crippen LogP contribution in [0.3, 0.4) is 0 Å². The van der Waals surface area contributed by atoms with E-state index in [0.717, 1.165) is 25.7 Å². The van der Waals surface area contributed by atoms with Gasteiger partial charge in [-0.3, -0.25) is 19.4 Å². The minimum atomic E-state index is -0.916. The molecule has 5 aliphatic rings. The quantitative estimate of drug-likeness (QED) is 0.419. The maximum absolute atomic E-state index is 13.7. The summed E-state index contributed by atoms with van der Waals surface area (Å²) in [7, 11) is 1.52. The van der Waals surface area contributed by atoms with Crippen LogP contribution < -0.4 is 16.4 Å². The Labute approximate surface area is 225 Å². The predicted octanol–water partition coefficient (Wildman–Crippen LogP) is 0.191. The number of amides is 5. The molecule has 12 nitrogen and oxygen atoms in total. The maximum atomic E-state index is 13.7. The molecule has 0 radical (unpaired) electrons. The summed E-state index contributed by atoms with van der Waals surface area (Å²) in [6, 6.07) is -1.48. The van der Waals surface area contributed by atoms with Crippen LogP contribution in [-0.4, -0.2) is 103 Å². The van der Waals surface area contributed by atoms with E-state index in [1.165, 1.54) is 29.5 Å². The van der Waals surface area contributed by atoms with Crippen LogP contribution in [0.5, 0.6) is 0 Å². The molecule has 1 aromatic heterocycles. The Hall–Kier alpha value is -2.77. The number of nitrogens with one attached hydrogen (secondary N) is 2. The summed E-state index contributed by atoms with van der Waals surface area (Å²) in [5, 5.41) is 5.54. The molecule has 3 atom stereocenters. The first-order valence-corrected chi connectivity index (χ1v) is 14.0. The van der Waals surface area contributed by atoms with E-state index in [-0.39, 0.29) is 42.8 Å². The van der Waals surface area contributed by atoms with Crippen molar-refractivity contribution in [2.75, 3.05) is 46.4 Å². The summed E-state index contributed by atoms with van der Waals surface area (Å²) >= 11 is 1.24. The van der Waals surface area contributed by atoms with Gasteiger partial charge in [-0.25, -0.2) is 4.79 Å². The van der Waals surface area contributed by atoms with Gasteiger partial charge in [-0.2, -0.15) is 0 Å². The fourth-order valence-electron chi connectivity index (χ4n) is 6.36. The average Bonchev–Trinajstić information content (AvgIpc) is 3.59. The van der Waals surface area contributed by atoms with Crippen LogP contribution in [0.2, 0.25) is 0 Å². The van der Waals surface area contributed by atoms with Crippen molar-refractivity contribution < 1.29 is 28.7 Å². The van der Waals surface area contributed by atoms with Gasteiger partial charge in [0.2, 0.25) is 11.8 Å². The van der Waals surface area contributed by atoms with Crippen LogP contribution >= 0.6 is 11.3 Å². The Morgan fingerprint density at radius 2 is 1.95 bits per heavy atom. The maximum Gasteiger partial charge on any atom is 0.314 e. The lowest BCUT2D eigenvalue weighted by molar-refractivity contribution is -0.155. The monoisotopic (exact) mass is 548 g/mol. The number of urea groups is 1. The van der Waals surface area contributed by atoms with Crippen molar-refractivity contribution >= 4 is 35.1 Å². The lowest BCUT2D eigenvalue weighted by Gasteiger charge is -2.49. The molecule has 2 bridgehead atoms. The van der Waals surface area contributed by atoms with Gasteiger partial charge in [-0.05, 0) is 32.6 Å². The molecule has 6 rings (SSSR count). The Balaban J connectivity index is 1.28. The standard InChI is InChI=1S/C25H36N6O6S/c1-15(36-12-24-5-3-16(4-6-24)37-13-24)19(21(33)27-2)29-20(32)17-8-30(22(34)18-7-28-14-38-18)9-25(17)10-31(11-25)23(26)35/h7,14-17,19H,3-6,8-13H2,1-2H3,(H2,26,35)(H,27,33)(H,29,32)/t15-,16?,17+,19+,24?/m1/s1. The van der Waals surface area contributed by atoms with Crippen LogP contribution in [0.25, 0.3) is 0 Å². The number of fused-ring (bicyclic) bond motifs is 3. The number of hydrogen-bond acceptors (Lipinski definition) is 8. The third-order valence-electron chi connectivity index (χ3n) is 8.78. The Kier molecular flexibility index (Phi) is 7.35. The van der Waals surface area contributed by atoms with Crippen LogP contribution in [0, 0.1) is 16.7 Å². The molecule has 1 aliphatic carbocycles. The predicted molar refractivity (Wildman–Crippen MR) is 137 cm³/mol. The zero-order chi connectivity index (χ0) is 27.1. The number of carbonyl (C=O) groups excluding carboxylic acids is 4. The first-order chi connectivity index (χ1) is 18.2. The first kappa shape index (κ1) is 26.8. The zero-order valence-electron chi connectivity index (χ0n) is 21.8. The third kappa shape index (κ3) is 4.98. The van der Waals surface area contributed by atoms with E-state index in [9.17, 15) is 19.2 Å². The molecule has 5 fully saturated rings. The smallest absolute Gasteiger partial charge is 0.314 e. The Morgan fingerprint density at radius 3 is 2.53 bits per heavy atom.